The molecule has 0 spiro atoms. The maximum Gasteiger partial charge on any atom is 0.250 e. The molecule has 0 atom stereocenters. The molecule has 0 aromatic carbocycles. The Morgan fingerprint density at radius 2 is 2.14 bits per heavy atom. The molecule has 1 aliphatic carbocycles. The molecule has 2 aromatic heterocycles. The molecule has 108 valence electrons. The van der Waals surface area contributed by atoms with Crippen molar-refractivity contribution >= 4 is 5.91 Å². The number of ether oxygens (including phenoxy) is 1. The van der Waals surface area contributed by atoms with Crippen molar-refractivity contribution in [3.05, 3.63) is 42.2 Å². The molecule has 5 heteroatoms. The zero-order valence-electron chi connectivity index (χ0n) is 11.9. The van der Waals surface area contributed by atoms with Crippen molar-refractivity contribution in [1.82, 2.24) is 9.97 Å². The molecule has 0 aliphatic heterocycles. The largest absolute Gasteiger partial charge is 0.477 e. The number of amides is 1. The Balaban J connectivity index is 1.85. The smallest absolute Gasteiger partial charge is 0.250 e. The van der Waals surface area contributed by atoms with Crippen molar-refractivity contribution in [3.63, 3.8) is 0 Å². The van der Waals surface area contributed by atoms with Gasteiger partial charge in [-0.15, -0.1) is 0 Å². The van der Waals surface area contributed by atoms with Gasteiger partial charge in [-0.25, -0.2) is 4.98 Å². The van der Waals surface area contributed by atoms with Crippen LogP contribution in [0.2, 0.25) is 0 Å². The number of aromatic nitrogens is 2. The van der Waals surface area contributed by atoms with E-state index in [1.165, 1.54) is 19.0 Å². The van der Waals surface area contributed by atoms with E-state index >= 15 is 0 Å². The fraction of sp³-hybridized carbons (Fsp3) is 0.312. The van der Waals surface area contributed by atoms with E-state index in [4.69, 9.17) is 10.5 Å². The van der Waals surface area contributed by atoms with Crippen LogP contribution in [0.5, 0.6) is 5.88 Å². The van der Waals surface area contributed by atoms with Gasteiger partial charge in [0.2, 0.25) is 11.8 Å². The number of carbonyl (C=O) groups is 1. The van der Waals surface area contributed by atoms with Gasteiger partial charge in [0.15, 0.2) is 0 Å². The van der Waals surface area contributed by atoms with Crippen LogP contribution in [0, 0.1) is 5.41 Å². The van der Waals surface area contributed by atoms with Crippen LogP contribution in [-0.4, -0.2) is 22.5 Å². The lowest BCUT2D eigenvalue weighted by Crippen LogP contribution is -2.11. The van der Waals surface area contributed by atoms with Crippen molar-refractivity contribution in [2.45, 2.75) is 19.8 Å². The summed E-state index contributed by atoms with van der Waals surface area (Å²) in [4.78, 5) is 19.6. The zero-order valence-corrected chi connectivity index (χ0v) is 11.9. The number of hydrogen-bond donors (Lipinski definition) is 1. The van der Waals surface area contributed by atoms with Crippen molar-refractivity contribution in [1.29, 1.82) is 0 Å². The quantitative estimate of drug-likeness (QED) is 0.914. The van der Waals surface area contributed by atoms with Gasteiger partial charge in [-0.05, 0) is 37.1 Å². The maximum atomic E-state index is 11.1. The van der Waals surface area contributed by atoms with E-state index in [-0.39, 0.29) is 5.41 Å². The van der Waals surface area contributed by atoms with Gasteiger partial charge in [-0.3, -0.25) is 9.78 Å². The molecule has 1 fully saturated rings. The third kappa shape index (κ3) is 3.02. The van der Waals surface area contributed by atoms with Crippen molar-refractivity contribution in [3.8, 4) is 17.1 Å². The van der Waals surface area contributed by atoms with Crippen LogP contribution in [0.1, 0.15) is 30.1 Å². The summed E-state index contributed by atoms with van der Waals surface area (Å²) in [6.07, 6.45) is 5.56. The van der Waals surface area contributed by atoms with Crippen LogP contribution in [0.15, 0.2) is 36.7 Å². The number of hydrogen-bond acceptors (Lipinski definition) is 4. The molecule has 1 aliphatic rings. The van der Waals surface area contributed by atoms with Gasteiger partial charge in [-0.2, -0.15) is 0 Å². The molecule has 0 unspecified atom stereocenters. The molecule has 5 nitrogen and oxygen atoms in total. The van der Waals surface area contributed by atoms with E-state index in [9.17, 15) is 4.79 Å². The Hall–Kier alpha value is -2.43. The first kappa shape index (κ1) is 13.5. The van der Waals surface area contributed by atoms with E-state index < -0.39 is 5.91 Å². The Kier molecular flexibility index (Phi) is 3.33. The summed E-state index contributed by atoms with van der Waals surface area (Å²) >= 11 is 0. The van der Waals surface area contributed by atoms with E-state index in [0.717, 1.165) is 5.56 Å². The van der Waals surface area contributed by atoms with Gasteiger partial charge in [0.1, 0.15) is 0 Å². The average Bonchev–Trinajstić information content (AvgIpc) is 3.24. The number of pyridine rings is 2. The summed E-state index contributed by atoms with van der Waals surface area (Å²) in [6, 6.07) is 7.15. The Bertz CT molecular complexity index is 663. The Morgan fingerprint density at radius 3 is 2.76 bits per heavy atom. The molecule has 2 N–H and O–H groups in total. The first-order valence-corrected chi connectivity index (χ1v) is 6.91. The summed E-state index contributed by atoms with van der Waals surface area (Å²) in [5.41, 5.74) is 7.42. The lowest BCUT2D eigenvalue weighted by atomic mass is 10.1. The summed E-state index contributed by atoms with van der Waals surface area (Å²) in [5, 5.41) is 0. The topological polar surface area (TPSA) is 78.1 Å². The highest BCUT2D eigenvalue weighted by Gasteiger charge is 2.38. The van der Waals surface area contributed by atoms with Gasteiger partial charge >= 0.3 is 0 Å². The summed E-state index contributed by atoms with van der Waals surface area (Å²) in [7, 11) is 0. The first-order chi connectivity index (χ1) is 10.1. The standard InChI is InChI=1S/C16H17N3O2/c1-16(6-7-16)10-21-15-12(3-2-8-18-15)13-5-4-11(9-19-13)14(17)20/h2-5,8-9H,6-7,10H2,1H3,(H2,17,20). The normalized spacial score (nSPS) is 15.5. The molecule has 2 heterocycles. The molecule has 1 amide bonds. The summed E-state index contributed by atoms with van der Waals surface area (Å²) in [6.45, 7) is 2.87. The third-order valence-electron chi connectivity index (χ3n) is 3.76. The predicted octanol–water partition coefficient (Wildman–Crippen LogP) is 2.42. The zero-order chi connectivity index (χ0) is 14.9. The van der Waals surface area contributed by atoms with E-state index in [1.807, 2.05) is 12.1 Å². The minimum atomic E-state index is -0.488. The molecule has 0 radical (unpaired) electrons. The van der Waals surface area contributed by atoms with Crippen LogP contribution in [0.25, 0.3) is 11.3 Å². The van der Waals surface area contributed by atoms with Gasteiger partial charge < -0.3 is 10.5 Å². The Labute approximate surface area is 123 Å². The third-order valence-corrected chi connectivity index (χ3v) is 3.76. The highest BCUT2D eigenvalue weighted by atomic mass is 16.5. The van der Waals surface area contributed by atoms with Crippen LogP contribution >= 0.6 is 0 Å². The van der Waals surface area contributed by atoms with Crippen LogP contribution in [0.3, 0.4) is 0 Å². The fourth-order valence-corrected chi connectivity index (χ4v) is 2.00. The predicted molar refractivity (Wildman–Crippen MR) is 78.8 cm³/mol. The number of carbonyl (C=O) groups excluding carboxylic acids is 1. The first-order valence-electron chi connectivity index (χ1n) is 6.91. The lowest BCUT2D eigenvalue weighted by molar-refractivity contribution is 0.1000. The lowest BCUT2D eigenvalue weighted by Gasteiger charge is -2.13. The van der Waals surface area contributed by atoms with Crippen LogP contribution in [0.4, 0.5) is 0 Å². The minimum absolute atomic E-state index is 0.290. The molecule has 3 rings (SSSR count). The van der Waals surface area contributed by atoms with Crippen molar-refractivity contribution in [2.24, 2.45) is 11.1 Å². The maximum absolute atomic E-state index is 11.1. The number of nitrogens with two attached hydrogens (primary N) is 1. The Morgan fingerprint density at radius 1 is 1.33 bits per heavy atom. The number of nitrogens with zero attached hydrogens (tertiary/aromatic N) is 2. The number of primary amides is 1. The number of rotatable bonds is 5. The van der Waals surface area contributed by atoms with Crippen LogP contribution in [-0.2, 0) is 0 Å². The van der Waals surface area contributed by atoms with E-state index in [1.54, 1.807) is 18.3 Å². The molecule has 21 heavy (non-hydrogen) atoms. The van der Waals surface area contributed by atoms with Crippen LogP contribution < -0.4 is 10.5 Å². The van der Waals surface area contributed by atoms with E-state index in [2.05, 4.69) is 16.9 Å². The fourth-order valence-electron chi connectivity index (χ4n) is 2.00. The summed E-state index contributed by atoms with van der Waals surface area (Å²) in [5.74, 6) is 0.0864. The van der Waals surface area contributed by atoms with Gasteiger partial charge in [0.05, 0.1) is 23.4 Å². The van der Waals surface area contributed by atoms with Gasteiger partial charge in [0, 0.05) is 17.8 Å². The molecule has 0 bridgehead atoms. The highest BCUT2D eigenvalue weighted by molar-refractivity contribution is 5.92. The molecular weight excluding hydrogens is 266 g/mol. The minimum Gasteiger partial charge on any atom is -0.477 e. The second-order valence-electron chi connectivity index (χ2n) is 5.75. The second-order valence-corrected chi connectivity index (χ2v) is 5.75. The molecule has 2 aromatic rings. The molecular formula is C16H17N3O2. The van der Waals surface area contributed by atoms with E-state index in [0.29, 0.717) is 23.7 Å². The monoisotopic (exact) mass is 283 g/mol. The second kappa shape index (κ2) is 5.16. The van der Waals surface area contributed by atoms with Crippen molar-refractivity contribution < 1.29 is 9.53 Å². The van der Waals surface area contributed by atoms with Gasteiger partial charge in [-0.1, -0.05) is 6.92 Å². The molecule has 1 saturated carbocycles. The SMILES string of the molecule is CC1(COc2ncccc2-c2ccc(C(N)=O)cn2)CC1. The summed E-state index contributed by atoms with van der Waals surface area (Å²) < 4.78 is 5.85. The average molecular weight is 283 g/mol. The van der Waals surface area contributed by atoms with Gasteiger partial charge in [0.25, 0.3) is 0 Å². The van der Waals surface area contributed by atoms with Crippen molar-refractivity contribution in [2.75, 3.05) is 6.61 Å². The molecule has 0 saturated heterocycles. The highest BCUT2D eigenvalue weighted by Crippen LogP contribution is 2.45.